The van der Waals surface area contributed by atoms with E-state index in [4.69, 9.17) is 15.7 Å². The van der Waals surface area contributed by atoms with Gasteiger partial charge in [-0.3, -0.25) is 10.3 Å². The fourth-order valence-electron chi connectivity index (χ4n) is 1.76. The van der Waals surface area contributed by atoms with Gasteiger partial charge in [-0.15, -0.1) is 0 Å². The number of nitrogens with one attached hydrogen (secondary N) is 3. The molecule has 1 rings (SSSR count). The number of urea groups is 1. The van der Waals surface area contributed by atoms with Crippen LogP contribution in [-0.2, 0) is 0 Å². The third kappa shape index (κ3) is 7.44. The smallest absolute Gasteiger partial charge is 0.318 e. The number of hydrogen-bond donors (Lipinski definition) is 5. The van der Waals surface area contributed by atoms with Gasteiger partial charge >= 0.3 is 6.03 Å². The number of benzene rings is 1. The highest BCUT2D eigenvalue weighted by atomic mass is 16.5. The molecule has 0 heterocycles. The molecular formula is C15H22N6O3. The third-order valence-electron chi connectivity index (χ3n) is 2.88. The van der Waals surface area contributed by atoms with Gasteiger partial charge in [-0.05, 0) is 12.1 Å². The molecule has 1 unspecified atom stereocenters. The molecule has 24 heavy (non-hydrogen) atoms. The Labute approximate surface area is 140 Å². The predicted molar refractivity (Wildman–Crippen MR) is 89.6 cm³/mol. The van der Waals surface area contributed by atoms with Gasteiger partial charge in [0.05, 0.1) is 5.56 Å². The van der Waals surface area contributed by atoms with Gasteiger partial charge < -0.3 is 26.2 Å². The van der Waals surface area contributed by atoms with E-state index in [0.29, 0.717) is 30.9 Å². The molecule has 0 aliphatic heterocycles. The van der Waals surface area contributed by atoms with E-state index >= 15 is 0 Å². The van der Waals surface area contributed by atoms with Crippen LogP contribution in [-0.4, -0.2) is 56.5 Å². The number of nitrogens with two attached hydrogens (primary N) is 1. The van der Waals surface area contributed by atoms with Crippen molar-refractivity contribution < 1.29 is 14.6 Å². The minimum absolute atomic E-state index is 0.0734. The summed E-state index contributed by atoms with van der Waals surface area (Å²) in [6, 6.07) is 8.18. The lowest BCUT2D eigenvalue weighted by molar-refractivity contribution is 0.106. The fourth-order valence-corrected chi connectivity index (χ4v) is 1.76. The maximum Gasteiger partial charge on any atom is 0.318 e. The Balaban J connectivity index is 2.19. The Kier molecular flexibility index (Phi) is 8.67. The van der Waals surface area contributed by atoms with Gasteiger partial charge in [0.1, 0.15) is 24.5 Å². The lowest BCUT2D eigenvalue weighted by atomic mass is 10.2. The second kappa shape index (κ2) is 10.8. The molecule has 1 aromatic carbocycles. The highest BCUT2D eigenvalue weighted by Gasteiger charge is 2.07. The zero-order chi connectivity index (χ0) is 17.8. The molecule has 0 fully saturated rings. The van der Waals surface area contributed by atoms with E-state index < -0.39 is 12.1 Å². The van der Waals surface area contributed by atoms with Crippen LogP contribution < -0.4 is 26.4 Å². The van der Waals surface area contributed by atoms with Crippen LogP contribution in [0.5, 0.6) is 5.75 Å². The number of primary amides is 1. The van der Waals surface area contributed by atoms with Gasteiger partial charge in [0, 0.05) is 26.7 Å². The number of guanidine groups is 1. The van der Waals surface area contributed by atoms with Gasteiger partial charge in [-0.1, -0.05) is 12.1 Å². The van der Waals surface area contributed by atoms with E-state index in [0.717, 1.165) is 0 Å². The Bertz CT molecular complexity index is 599. The standard InChI is InChI=1S/C15H22N6O3/c1-18-15(21-14(17)23)20-7-6-19-9-12(22)10-24-13-5-3-2-4-11(13)8-16/h2-5,12,19,22H,6-7,9-10H2,1H3,(H4,17,18,20,21,23). The van der Waals surface area contributed by atoms with Crippen LogP contribution in [0.1, 0.15) is 5.56 Å². The maximum absolute atomic E-state index is 10.7. The molecule has 130 valence electrons. The van der Waals surface area contributed by atoms with Crippen LogP contribution in [0.15, 0.2) is 29.3 Å². The maximum atomic E-state index is 10.7. The molecule has 1 atom stereocenters. The third-order valence-corrected chi connectivity index (χ3v) is 2.88. The minimum Gasteiger partial charge on any atom is -0.489 e. The van der Waals surface area contributed by atoms with Crippen molar-refractivity contribution in [2.75, 3.05) is 33.3 Å². The summed E-state index contributed by atoms with van der Waals surface area (Å²) in [5.41, 5.74) is 5.41. The van der Waals surface area contributed by atoms with Gasteiger partial charge in [0.2, 0.25) is 0 Å². The van der Waals surface area contributed by atoms with Crippen LogP contribution in [0.25, 0.3) is 0 Å². The Hall–Kier alpha value is -2.83. The zero-order valence-electron chi connectivity index (χ0n) is 13.5. The van der Waals surface area contributed by atoms with Crippen molar-refractivity contribution in [3.63, 3.8) is 0 Å². The molecule has 0 spiro atoms. The van der Waals surface area contributed by atoms with Crippen molar-refractivity contribution in [2.24, 2.45) is 10.7 Å². The number of ether oxygens (including phenoxy) is 1. The number of amides is 2. The highest BCUT2D eigenvalue weighted by molar-refractivity contribution is 5.95. The summed E-state index contributed by atoms with van der Waals surface area (Å²) < 4.78 is 5.44. The molecule has 0 bridgehead atoms. The summed E-state index contributed by atoms with van der Waals surface area (Å²) in [6.45, 7) is 1.41. The lowest BCUT2D eigenvalue weighted by Crippen LogP contribution is -2.46. The molecule has 0 saturated heterocycles. The number of carbonyl (C=O) groups is 1. The van der Waals surface area contributed by atoms with E-state index in [-0.39, 0.29) is 12.6 Å². The van der Waals surface area contributed by atoms with Gasteiger partial charge in [0.25, 0.3) is 0 Å². The number of aliphatic hydroxyl groups is 1. The first-order chi connectivity index (χ1) is 11.6. The minimum atomic E-state index is -0.722. The number of aliphatic hydroxyl groups excluding tert-OH is 1. The monoisotopic (exact) mass is 334 g/mol. The van der Waals surface area contributed by atoms with Gasteiger partial charge in [0.15, 0.2) is 5.96 Å². The number of nitrogens with zero attached hydrogens (tertiary/aromatic N) is 2. The molecule has 9 heteroatoms. The zero-order valence-corrected chi connectivity index (χ0v) is 13.5. The van der Waals surface area contributed by atoms with E-state index in [2.05, 4.69) is 20.9 Å². The van der Waals surface area contributed by atoms with Crippen molar-refractivity contribution in [1.29, 1.82) is 5.26 Å². The fraction of sp³-hybridized carbons (Fsp3) is 0.400. The summed E-state index contributed by atoms with van der Waals surface area (Å²) in [5, 5.41) is 27.0. The number of aliphatic imine (C=N–C) groups is 1. The number of nitriles is 1. The molecular weight excluding hydrogens is 312 g/mol. The Morgan fingerprint density at radius 1 is 1.46 bits per heavy atom. The second-order valence-corrected chi connectivity index (χ2v) is 4.77. The topological polar surface area (TPSA) is 145 Å². The average molecular weight is 334 g/mol. The van der Waals surface area contributed by atoms with Crippen LogP contribution in [0.3, 0.4) is 0 Å². The number of carbonyl (C=O) groups excluding carboxylic acids is 1. The number of rotatable bonds is 8. The molecule has 0 saturated carbocycles. The van der Waals surface area contributed by atoms with Crippen LogP contribution in [0.4, 0.5) is 4.79 Å². The SMILES string of the molecule is CN=C(NCCNCC(O)COc1ccccc1C#N)NC(N)=O. The van der Waals surface area contributed by atoms with E-state index in [9.17, 15) is 9.90 Å². The molecule has 0 aromatic heterocycles. The quantitative estimate of drug-likeness (QED) is 0.237. The molecule has 0 aliphatic rings. The number of para-hydroxylation sites is 1. The molecule has 0 aliphatic carbocycles. The van der Waals surface area contributed by atoms with Crippen molar-refractivity contribution >= 4 is 12.0 Å². The molecule has 9 nitrogen and oxygen atoms in total. The van der Waals surface area contributed by atoms with Gasteiger partial charge in [-0.2, -0.15) is 5.26 Å². The van der Waals surface area contributed by atoms with Crippen LogP contribution in [0, 0.1) is 11.3 Å². The summed E-state index contributed by atoms with van der Waals surface area (Å²) in [7, 11) is 1.52. The predicted octanol–water partition coefficient (Wildman–Crippen LogP) is -0.869. The molecule has 1 aromatic rings. The molecule has 6 N–H and O–H groups in total. The second-order valence-electron chi connectivity index (χ2n) is 4.77. The highest BCUT2D eigenvalue weighted by Crippen LogP contribution is 2.16. The molecule has 2 amide bonds. The number of hydrogen-bond acceptors (Lipinski definition) is 6. The van der Waals surface area contributed by atoms with Crippen molar-refractivity contribution in [3.05, 3.63) is 29.8 Å². The first kappa shape index (κ1) is 19.2. The summed E-state index contributed by atoms with van der Waals surface area (Å²) in [5.74, 6) is 0.725. The van der Waals surface area contributed by atoms with Crippen molar-refractivity contribution in [2.45, 2.75) is 6.10 Å². The Morgan fingerprint density at radius 2 is 2.21 bits per heavy atom. The Morgan fingerprint density at radius 3 is 2.88 bits per heavy atom. The largest absolute Gasteiger partial charge is 0.489 e. The van der Waals surface area contributed by atoms with E-state index in [1.165, 1.54) is 7.05 Å². The summed E-state index contributed by atoms with van der Waals surface area (Å²) in [4.78, 5) is 14.5. The molecule has 0 radical (unpaired) electrons. The van der Waals surface area contributed by atoms with E-state index in [1.807, 2.05) is 6.07 Å². The summed E-state index contributed by atoms with van der Waals surface area (Å²) >= 11 is 0. The van der Waals surface area contributed by atoms with Crippen molar-refractivity contribution in [3.8, 4) is 11.8 Å². The van der Waals surface area contributed by atoms with E-state index in [1.54, 1.807) is 24.3 Å². The normalized spacial score (nSPS) is 12.1. The first-order valence-electron chi connectivity index (χ1n) is 7.34. The summed E-state index contributed by atoms with van der Waals surface area (Å²) in [6.07, 6.45) is -0.722. The van der Waals surface area contributed by atoms with Crippen LogP contribution in [0.2, 0.25) is 0 Å². The first-order valence-corrected chi connectivity index (χ1v) is 7.34. The van der Waals surface area contributed by atoms with Crippen LogP contribution >= 0.6 is 0 Å². The van der Waals surface area contributed by atoms with Gasteiger partial charge in [-0.25, -0.2) is 4.79 Å². The average Bonchev–Trinajstić information content (AvgIpc) is 2.58. The van der Waals surface area contributed by atoms with Crippen molar-refractivity contribution in [1.82, 2.24) is 16.0 Å². The lowest BCUT2D eigenvalue weighted by Gasteiger charge is -2.14.